The standard InChI is InChI=1S/C23H37NO2/c1-3-4-5-6-7-8-9-10-11-12-13-14-19-26-22-16-15-21(17-18-24)23(20-22)25-2/h15-16,20H,3-14,17,19H2,1-2H3. The maximum atomic E-state index is 8.81. The largest absolute Gasteiger partial charge is 0.496 e. The van der Waals surface area contributed by atoms with Crippen molar-refractivity contribution in [3.8, 4) is 17.6 Å². The lowest BCUT2D eigenvalue weighted by Gasteiger charge is -2.10. The van der Waals surface area contributed by atoms with Gasteiger partial charge < -0.3 is 9.47 Å². The molecule has 1 rings (SSSR count). The average Bonchev–Trinajstić information content (AvgIpc) is 2.66. The van der Waals surface area contributed by atoms with Crippen LogP contribution < -0.4 is 9.47 Å². The Kier molecular flexibility index (Phi) is 13.4. The van der Waals surface area contributed by atoms with E-state index in [4.69, 9.17) is 14.7 Å². The van der Waals surface area contributed by atoms with Gasteiger partial charge in [-0.2, -0.15) is 5.26 Å². The van der Waals surface area contributed by atoms with Crippen molar-refractivity contribution in [1.82, 2.24) is 0 Å². The molecule has 0 N–H and O–H groups in total. The molecular weight excluding hydrogens is 322 g/mol. The Hall–Kier alpha value is -1.69. The molecule has 0 heterocycles. The summed E-state index contributed by atoms with van der Waals surface area (Å²) in [5.41, 5.74) is 0.910. The minimum Gasteiger partial charge on any atom is -0.496 e. The van der Waals surface area contributed by atoms with Crippen LogP contribution in [0.15, 0.2) is 18.2 Å². The van der Waals surface area contributed by atoms with E-state index in [1.165, 1.54) is 70.6 Å². The average molecular weight is 360 g/mol. The highest BCUT2D eigenvalue weighted by atomic mass is 16.5. The van der Waals surface area contributed by atoms with Gasteiger partial charge in [0.05, 0.1) is 26.2 Å². The molecule has 146 valence electrons. The lowest BCUT2D eigenvalue weighted by Crippen LogP contribution is -1.99. The first kappa shape index (κ1) is 22.4. The summed E-state index contributed by atoms with van der Waals surface area (Å²) in [5.74, 6) is 1.56. The number of hydrogen-bond donors (Lipinski definition) is 0. The summed E-state index contributed by atoms with van der Waals surface area (Å²) in [6.07, 6.45) is 16.6. The molecule has 0 fully saturated rings. The summed E-state index contributed by atoms with van der Waals surface area (Å²) >= 11 is 0. The minimum atomic E-state index is 0.363. The molecule has 0 aliphatic rings. The summed E-state index contributed by atoms with van der Waals surface area (Å²) in [5, 5.41) is 8.81. The molecule has 0 spiro atoms. The van der Waals surface area contributed by atoms with Gasteiger partial charge in [-0.1, -0.05) is 83.6 Å². The zero-order valence-electron chi connectivity index (χ0n) is 16.9. The fraction of sp³-hybridized carbons (Fsp3) is 0.696. The van der Waals surface area contributed by atoms with E-state index < -0.39 is 0 Å². The molecule has 0 atom stereocenters. The molecule has 0 aliphatic heterocycles. The second-order valence-electron chi connectivity index (χ2n) is 7.05. The molecular formula is C23H37NO2. The minimum absolute atomic E-state index is 0.363. The smallest absolute Gasteiger partial charge is 0.126 e. The number of benzene rings is 1. The summed E-state index contributed by atoms with van der Waals surface area (Å²) < 4.78 is 11.1. The summed E-state index contributed by atoms with van der Waals surface area (Å²) in [4.78, 5) is 0. The topological polar surface area (TPSA) is 42.2 Å². The molecule has 0 saturated carbocycles. The van der Waals surface area contributed by atoms with Gasteiger partial charge in [-0.05, 0) is 12.5 Å². The quantitative estimate of drug-likeness (QED) is 0.303. The van der Waals surface area contributed by atoms with Crippen LogP contribution in [0, 0.1) is 11.3 Å². The maximum Gasteiger partial charge on any atom is 0.126 e. The molecule has 0 bridgehead atoms. The first-order chi connectivity index (χ1) is 12.8. The predicted molar refractivity (Wildman–Crippen MR) is 109 cm³/mol. The van der Waals surface area contributed by atoms with Crippen LogP contribution in [0.1, 0.15) is 89.5 Å². The normalized spacial score (nSPS) is 10.5. The van der Waals surface area contributed by atoms with Gasteiger partial charge in [-0.15, -0.1) is 0 Å². The maximum absolute atomic E-state index is 8.81. The van der Waals surface area contributed by atoms with Gasteiger partial charge in [0.1, 0.15) is 11.5 Å². The van der Waals surface area contributed by atoms with Crippen molar-refractivity contribution >= 4 is 0 Å². The van der Waals surface area contributed by atoms with Gasteiger partial charge >= 0.3 is 0 Å². The van der Waals surface area contributed by atoms with E-state index in [-0.39, 0.29) is 0 Å². The molecule has 3 heteroatoms. The summed E-state index contributed by atoms with van der Waals surface area (Å²) in [7, 11) is 1.63. The van der Waals surface area contributed by atoms with Crippen LogP contribution in [0.4, 0.5) is 0 Å². The first-order valence-electron chi connectivity index (χ1n) is 10.5. The number of methoxy groups -OCH3 is 1. The van der Waals surface area contributed by atoms with Crippen LogP contribution in [0.5, 0.6) is 11.5 Å². The van der Waals surface area contributed by atoms with Gasteiger partial charge in [-0.25, -0.2) is 0 Å². The number of nitrogens with zero attached hydrogens (tertiary/aromatic N) is 1. The van der Waals surface area contributed by atoms with Crippen molar-refractivity contribution < 1.29 is 9.47 Å². The molecule has 1 aromatic carbocycles. The van der Waals surface area contributed by atoms with Crippen LogP contribution in [0.25, 0.3) is 0 Å². The monoisotopic (exact) mass is 359 g/mol. The molecule has 26 heavy (non-hydrogen) atoms. The van der Waals surface area contributed by atoms with Crippen molar-refractivity contribution in [3.05, 3.63) is 23.8 Å². The Labute approximate surface area is 160 Å². The van der Waals surface area contributed by atoms with E-state index in [2.05, 4.69) is 13.0 Å². The molecule has 0 saturated heterocycles. The first-order valence-corrected chi connectivity index (χ1v) is 10.5. The van der Waals surface area contributed by atoms with Gasteiger partial charge in [-0.3, -0.25) is 0 Å². The summed E-state index contributed by atoms with van der Waals surface area (Å²) in [6, 6.07) is 7.88. The second-order valence-corrected chi connectivity index (χ2v) is 7.05. The van der Waals surface area contributed by atoms with Gasteiger partial charge in [0.15, 0.2) is 0 Å². The van der Waals surface area contributed by atoms with Crippen molar-refractivity contribution in [2.45, 2.75) is 90.4 Å². The number of nitriles is 1. The van der Waals surface area contributed by atoms with E-state index in [0.717, 1.165) is 30.1 Å². The Balaban J connectivity index is 2.00. The SMILES string of the molecule is CCCCCCCCCCCCCCOc1ccc(CC#N)c(OC)c1. The van der Waals surface area contributed by atoms with Crippen LogP contribution in [0.3, 0.4) is 0 Å². The fourth-order valence-electron chi connectivity index (χ4n) is 3.18. The van der Waals surface area contributed by atoms with Crippen molar-refractivity contribution in [2.75, 3.05) is 13.7 Å². The Morgan fingerprint density at radius 2 is 1.42 bits per heavy atom. The lowest BCUT2D eigenvalue weighted by atomic mass is 10.1. The van der Waals surface area contributed by atoms with E-state index >= 15 is 0 Å². The van der Waals surface area contributed by atoms with Gasteiger partial charge in [0.2, 0.25) is 0 Å². The molecule has 0 radical (unpaired) electrons. The zero-order valence-corrected chi connectivity index (χ0v) is 16.9. The van der Waals surface area contributed by atoms with Gasteiger partial charge in [0, 0.05) is 11.6 Å². The second kappa shape index (κ2) is 15.6. The van der Waals surface area contributed by atoms with Crippen LogP contribution in [-0.4, -0.2) is 13.7 Å². The molecule has 3 nitrogen and oxygen atoms in total. The molecule has 0 unspecified atom stereocenters. The fourth-order valence-corrected chi connectivity index (χ4v) is 3.18. The molecule has 0 aliphatic carbocycles. The van der Waals surface area contributed by atoms with Crippen molar-refractivity contribution in [1.29, 1.82) is 5.26 Å². The molecule has 1 aromatic rings. The van der Waals surface area contributed by atoms with Gasteiger partial charge in [0.25, 0.3) is 0 Å². The van der Waals surface area contributed by atoms with Crippen LogP contribution in [-0.2, 0) is 6.42 Å². The third-order valence-electron chi connectivity index (χ3n) is 4.79. The van der Waals surface area contributed by atoms with E-state index in [1.54, 1.807) is 7.11 Å². The van der Waals surface area contributed by atoms with E-state index in [1.807, 2.05) is 18.2 Å². The Morgan fingerprint density at radius 1 is 0.846 bits per heavy atom. The highest BCUT2D eigenvalue weighted by Crippen LogP contribution is 2.25. The zero-order chi connectivity index (χ0) is 18.9. The number of hydrogen-bond acceptors (Lipinski definition) is 3. The molecule has 0 aromatic heterocycles. The summed E-state index contributed by atoms with van der Waals surface area (Å²) in [6.45, 7) is 3.02. The third kappa shape index (κ3) is 10.3. The van der Waals surface area contributed by atoms with Crippen molar-refractivity contribution in [2.24, 2.45) is 0 Å². The number of ether oxygens (including phenoxy) is 2. The van der Waals surface area contributed by atoms with Crippen molar-refractivity contribution in [3.63, 3.8) is 0 Å². The highest BCUT2D eigenvalue weighted by molar-refractivity contribution is 5.41. The van der Waals surface area contributed by atoms with Crippen LogP contribution >= 0.6 is 0 Å². The van der Waals surface area contributed by atoms with Crippen LogP contribution in [0.2, 0.25) is 0 Å². The molecule has 0 amide bonds. The van der Waals surface area contributed by atoms with E-state index in [0.29, 0.717) is 6.42 Å². The predicted octanol–water partition coefficient (Wildman–Crippen LogP) is 6.84. The Bertz CT molecular complexity index is 507. The number of rotatable bonds is 16. The van der Waals surface area contributed by atoms with E-state index in [9.17, 15) is 0 Å². The highest BCUT2D eigenvalue weighted by Gasteiger charge is 2.05. The lowest BCUT2D eigenvalue weighted by molar-refractivity contribution is 0.301. The Morgan fingerprint density at radius 3 is 1.96 bits per heavy atom. The number of unbranched alkanes of at least 4 members (excludes halogenated alkanes) is 11. The third-order valence-corrected chi connectivity index (χ3v) is 4.79.